The number of aromatic nitrogens is 4. The molecule has 2 rings (SSSR count). The lowest BCUT2D eigenvalue weighted by Gasteiger charge is -2.08. The quantitative estimate of drug-likeness (QED) is 0.831. The topological polar surface area (TPSA) is 47.7 Å². The average Bonchev–Trinajstić information content (AvgIpc) is 3.05. The molecule has 0 saturated heterocycles. The molecular formula is C14H23N5. The van der Waals surface area contributed by atoms with Crippen molar-refractivity contribution in [3.63, 3.8) is 0 Å². The maximum Gasteiger partial charge on any atom is 0.0849 e. The monoisotopic (exact) mass is 261 g/mol. The second kappa shape index (κ2) is 6.52. The van der Waals surface area contributed by atoms with E-state index in [0.717, 1.165) is 31.7 Å². The minimum absolute atomic E-state index is 0.454. The standard InChI is InChI=1S/C14H23N5/c1-4-12(3)19-7-6-14(17-19)11-18-10-13(9-16-18)8-15-5-2/h6-7,9-10,12,15H,4-5,8,11H2,1-3H3. The Morgan fingerprint density at radius 2 is 2.21 bits per heavy atom. The van der Waals surface area contributed by atoms with Crippen LogP contribution in [0.5, 0.6) is 0 Å². The van der Waals surface area contributed by atoms with Crippen molar-refractivity contribution >= 4 is 0 Å². The maximum atomic E-state index is 4.59. The molecule has 0 amide bonds. The van der Waals surface area contributed by atoms with Gasteiger partial charge in [-0.1, -0.05) is 13.8 Å². The van der Waals surface area contributed by atoms with Gasteiger partial charge in [0.25, 0.3) is 0 Å². The van der Waals surface area contributed by atoms with Gasteiger partial charge in [-0.3, -0.25) is 9.36 Å². The molecule has 1 atom stereocenters. The summed E-state index contributed by atoms with van der Waals surface area (Å²) in [6.07, 6.45) is 7.13. The first-order chi connectivity index (χ1) is 9.22. The summed E-state index contributed by atoms with van der Waals surface area (Å²) in [5.41, 5.74) is 2.27. The predicted molar refractivity (Wildman–Crippen MR) is 75.9 cm³/mol. The van der Waals surface area contributed by atoms with Crippen LogP contribution in [0, 0.1) is 0 Å². The first-order valence-corrected chi connectivity index (χ1v) is 6.99. The highest BCUT2D eigenvalue weighted by molar-refractivity contribution is 5.06. The van der Waals surface area contributed by atoms with Crippen molar-refractivity contribution in [1.82, 2.24) is 24.9 Å². The molecule has 0 bridgehead atoms. The predicted octanol–water partition coefficient (Wildman–Crippen LogP) is 2.21. The summed E-state index contributed by atoms with van der Waals surface area (Å²) < 4.78 is 3.97. The van der Waals surface area contributed by atoms with Gasteiger partial charge in [0.2, 0.25) is 0 Å². The van der Waals surface area contributed by atoms with E-state index in [0.29, 0.717) is 6.04 Å². The van der Waals surface area contributed by atoms with Crippen molar-refractivity contribution in [3.8, 4) is 0 Å². The lowest BCUT2D eigenvalue weighted by Crippen LogP contribution is -2.11. The van der Waals surface area contributed by atoms with Gasteiger partial charge in [0.1, 0.15) is 0 Å². The van der Waals surface area contributed by atoms with E-state index in [9.17, 15) is 0 Å². The van der Waals surface area contributed by atoms with E-state index in [-0.39, 0.29) is 0 Å². The van der Waals surface area contributed by atoms with E-state index in [4.69, 9.17) is 0 Å². The van der Waals surface area contributed by atoms with Gasteiger partial charge in [-0.05, 0) is 26.0 Å². The molecule has 1 N–H and O–H groups in total. The molecular weight excluding hydrogens is 238 g/mol. The minimum Gasteiger partial charge on any atom is -0.313 e. The third kappa shape index (κ3) is 3.67. The Kier molecular flexibility index (Phi) is 4.74. The molecule has 0 fully saturated rings. The van der Waals surface area contributed by atoms with Crippen LogP contribution in [0.4, 0.5) is 0 Å². The van der Waals surface area contributed by atoms with Crippen LogP contribution in [0.1, 0.15) is 44.5 Å². The summed E-state index contributed by atoms with van der Waals surface area (Å²) >= 11 is 0. The van der Waals surface area contributed by atoms with Crippen molar-refractivity contribution in [2.75, 3.05) is 6.54 Å². The SMILES string of the molecule is CCNCc1cnn(Cc2ccn(C(C)CC)n2)c1. The van der Waals surface area contributed by atoms with Gasteiger partial charge >= 0.3 is 0 Å². The number of hydrogen-bond acceptors (Lipinski definition) is 3. The summed E-state index contributed by atoms with van der Waals surface area (Å²) in [6.45, 7) is 9.04. The molecule has 0 saturated carbocycles. The Morgan fingerprint density at radius 1 is 1.37 bits per heavy atom. The van der Waals surface area contributed by atoms with E-state index in [1.807, 2.05) is 21.8 Å². The Balaban J connectivity index is 1.96. The summed E-state index contributed by atoms with van der Waals surface area (Å²) in [6, 6.07) is 2.52. The lowest BCUT2D eigenvalue weighted by molar-refractivity contribution is 0.471. The smallest absolute Gasteiger partial charge is 0.0849 e. The molecule has 2 aromatic heterocycles. The minimum atomic E-state index is 0.454. The highest BCUT2D eigenvalue weighted by Gasteiger charge is 2.06. The molecule has 19 heavy (non-hydrogen) atoms. The van der Waals surface area contributed by atoms with Crippen molar-refractivity contribution in [2.24, 2.45) is 0 Å². The number of nitrogens with zero attached hydrogens (tertiary/aromatic N) is 4. The van der Waals surface area contributed by atoms with Gasteiger partial charge in [-0.15, -0.1) is 0 Å². The molecule has 0 aliphatic carbocycles. The fourth-order valence-electron chi connectivity index (χ4n) is 1.91. The van der Waals surface area contributed by atoms with E-state index in [1.165, 1.54) is 5.56 Å². The summed E-state index contributed by atoms with van der Waals surface area (Å²) in [4.78, 5) is 0. The van der Waals surface area contributed by atoms with Crippen LogP contribution in [0.25, 0.3) is 0 Å². The second-order valence-electron chi connectivity index (χ2n) is 4.87. The van der Waals surface area contributed by atoms with Crippen LogP contribution in [0.3, 0.4) is 0 Å². The van der Waals surface area contributed by atoms with Crippen LogP contribution in [-0.4, -0.2) is 26.1 Å². The molecule has 0 spiro atoms. The normalized spacial score (nSPS) is 12.8. The largest absolute Gasteiger partial charge is 0.313 e. The van der Waals surface area contributed by atoms with Gasteiger partial charge in [-0.25, -0.2) is 0 Å². The molecule has 0 aliphatic rings. The van der Waals surface area contributed by atoms with Gasteiger partial charge in [-0.2, -0.15) is 10.2 Å². The van der Waals surface area contributed by atoms with Crippen molar-refractivity contribution < 1.29 is 0 Å². The highest BCUT2D eigenvalue weighted by Crippen LogP contribution is 2.10. The number of rotatable bonds is 7. The Hall–Kier alpha value is -1.62. The molecule has 1 unspecified atom stereocenters. The first-order valence-electron chi connectivity index (χ1n) is 6.99. The summed E-state index contributed by atoms with van der Waals surface area (Å²) in [5, 5.41) is 12.2. The Labute approximate surface area is 114 Å². The fourth-order valence-corrected chi connectivity index (χ4v) is 1.91. The lowest BCUT2D eigenvalue weighted by atomic mass is 10.3. The first kappa shape index (κ1) is 13.8. The average molecular weight is 261 g/mol. The van der Waals surface area contributed by atoms with Crippen LogP contribution in [0.2, 0.25) is 0 Å². The highest BCUT2D eigenvalue weighted by atomic mass is 15.3. The van der Waals surface area contributed by atoms with Gasteiger partial charge < -0.3 is 5.32 Å². The molecule has 0 radical (unpaired) electrons. The fraction of sp³-hybridized carbons (Fsp3) is 0.571. The van der Waals surface area contributed by atoms with E-state index in [2.05, 4.69) is 48.5 Å². The van der Waals surface area contributed by atoms with Crippen LogP contribution in [0.15, 0.2) is 24.7 Å². The third-order valence-electron chi connectivity index (χ3n) is 3.30. The van der Waals surface area contributed by atoms with Crippen LogP contribution < -0.4 is 5.32 Å². The van der Waals surface area contributed by atoms with E-state index >= 15 is 0 Å². The van der Waals surface area contributed by atoms with Gasteiger partial charge in [0.15, 0.2) is 0 Å². The molecule has 2 aromatic rings. The van der Waals surface area contributed by atoms with Crippen molar-refractivity contribution in [1.29, 1.82) is 0 Å². The molecule has 5 heteroatoms. The van der Waals surface area contributed by atoms with E-state index < -0.39 is 0 Å². The van der Waals surface area contributed by atoms with Crippen LogP contribution >= 0.6 is 0 Å². The summed E-state index contributed by atoms with van der Waals surface area (Å²) in [7, 11) is 0. The molecule has 104 valence electrons. The molecule has 0 aromatic carbocycles. The van der Waals surface area contributed by atoms with Gasteiger partial charge in [0.05, 0.1) is 18.4 Å². The van der Waals surface area contributed by atoms with Crippen LogP contribution in [-0.2, 0) is 13.1 Å². The maximum absolute atomic E-state index is 4.59. The number of hydrogen-bond donors (Lipinski definition) is 1. The van der Waals surface area contributed by atoms with Crippen molar-refractivity contribution in [3.05, 3.63) is 35.9 Å². The molecule has 5 nitrogen and oxygen atoms in total. The molecule has 0 aliphatic heterocycles. The third-order valence-corrected chi connectivity index (χ3v) is 3.30. The second-order valence-corrected chi connectivity index (χ2v) is 4.87. The zero-order valence-electron chi connectivity index (χ0n) is 12.0. The zero-order valence-corrected chi connectivity index (χ0v) is 12.0. The van der Waals surface area contributed by atoms with E-state index in [1.54, 1.807) is 0 Å². The van der Waals surface area contributed by atoms with Gasteiger partial charge in [0, 0.05) is 30.5 Å². The Morgan fingerprint density at radius 3 is 2.95 bits per heavy atom. The summed E-state index contributed by atoms with van der Waals surface area (Å²) in [5.74, 6) is 0. The molecule has 2 heterocycles. The number of nitrogens with one attached hydrogen (secondary N) is 1. The zero-order chi connectivity index (χ0) is 13.7. The van der Waals surface area contributed by atoms with Crippen molar-refractivity contribution in [2.45, 2.75) is 46.3 Å². The Bertz CT molecular complexity index is 499.